The van der Waals surface area contributed by atoms with E-state index in [1.54, 1.807) is 19.1 Å². The standard InChI is InChI=1S/C22H32N2O3S/c1-2-28(26,27)21-7-5-20(6-8-21)24-11-9-19(10-12-24)23-22(25)15-18-14-16-3-4-17(18)13-16/h5-8,16-19H,2-4,9-15H2,1H3,(H,23,25). The molecule has 28 heavy (non-hydrogen) atoms. The summed E-state index contributed by atoms with van der Waals surface area (Å²) >= 11 is 0. The highest BCUT2D eigenvalue weighted by atomic mass is 32.2. The van der Waals surface area contributed by atoms with Gasteiger partial charge in [-0.15, -0.1) is 0 Å². The lowest BCUT2D eigenvalue weighted by molar-refractivity contribution is -0.123. The largest absolute Gasteiger partial charge is 0.371 e. The first kappa shape index (κ1) is 19.7. The fraction of sp³-hybridized carbons (Fsp3) is 0.682. The topological polar surface area (TPSA) is 66.5 Å². The average molecular weight is 405 g/mol. The summed E-state index contributed by atoms with van der Waals surface area (Å²) in [6.45, 7) is 3.44. The average Bonchev–Trinajstić information content (AvgIpc) is 3.32. The molecule has 3 fully saturated rings. The first-order chi connectivity index (χ1) is 13.4. The van der Waals surface area contributed by atoms with Crippen molar-refractivity contribution in [2.45, 2.75) is 62.8 Å². The highest BCUT2D eigenvalue weighted by Crippen LogP contribution is 2.49. The summed E-state index contributed by atoms with van der Waals surface area (Å²) < 4.78 is 23.9. The van der Waals surface area contributed by atoms with Crippen LogP contribution in [0, 0.1) is 17.8 Å². The molecule has 1 heterocycles. The second-order valence-electron chi connectivity index (χ2n) is 8.87. The van der Waals surface area contributed by atoms with Gasteiger partial charge in [-0.2, -0.15) is 0 Å². The van der Waals surface area contributed by atoms with Gasteiger partial charge in [0.2, 0.25) is 5.91 Å². The molecule has 0 aromatic heterocycles. The van der Waals surface area contributed by atoms with Crippen molar-refractivity contribution < 1.29 is 13.2 Å². The first-order valence-electron chi connectivity index (χ1n) is 10.8. The number of fused-ring (bicyclic) bond motifs is 2. The number of nitrogens with zero attached hydrogens (tertiary/aromatic N) is 1. The van der Waals surface area contributed by atoms with Crippen LogP contribution in [0.2, 0.25) is 0 Å². The summed E-state index contributed by atoms with van der Waals surface area (Å²) in [6, 6.07) is 7.48. The van der Waals surface area contributed by atoms with Gasteiger partial charge in [0.05, 0.1) is 10.6 Å². The maximum Gasteiger partial charge on any atom is 0.220 e. The number of hydrogen-bond donors (Lipinski definition) is 1. The Bertz CT molecular complexity index is 798. The second kappa shape index (κ2) is 8.05. The van der Waals surface area contributed by atoms with Gasteiger partial charge in [-0.25, -0.2) is 8.42 Å². The van der Waals surface area contributed by atoms with Gasteiger partial charge in [0.1, 0.15) is 0 Å². The van der Waals surface area contributed by atoms with Crippen molar-refractivity contribution in [2.24, 2.45) is 17.8 Å². The molecule has 1 N–H and O–H groups in total. The van der Waals surface area contributed by atoms with E-state index in [1.807, 2.05) is 12.1 Å². The molecule has 154 valence electrons. The SMILES string of the molecule is CCS(=O)(=O)c1ccc(N2CCC(NC(=O)CC3CC4CCC3C4)CC2)cc1. The normalized spacial score (nSPS) is 27.9. The molecule has 1 amide bonds. The van der Waals surface area contributed by atoms with Crippen LogP contribution in [0.3, 0.4) is 0 Å². The third kappa shape index (κ3) is 4.22. The van der Waals surface area contributed by atoms with E-state index in [4.69, 9.17) is 0 Å². The van der Waals surface area contributed by atoms with E-state index < -0.39 is 9.84 Å². The van der Waals surface area contributed by atoms with Crippen LogP contribution in [0.4, 0.5) is 5.69 Å². The predicted octanol–water partition coefficient (Wildman–Crippen LogP) is 3.39. The van der Waals surface area contributed by atoms with Gasteiger partial charge >= 0.3 is 0 Å². The molecular weight excluding hydrogens is 372 g/mol. The van der Waals surface area contributed by atoms with Crippen LogP contribution in [0.5, 0.6) is 0 Å². The summed E-state index contributed by atoms with van der Waals surface area (Å²) in [6.07, 6.45) is 7.94. The highest BCUT2D eigenvalue weighted by molar-refractivity contribution is 7.91. The molecule has 2 bridgehead atoms. The molecule has 1 saturated heterocycles. The molecule has 3 unspecified atom stereocenters. The number of amides is 1. The van der Waals surface area contributed by atoms with Crippen molar-refractivity contribution in [1.29, 1.82) is 0 Å². The number of anilines is 1. The van der Waals surface area contributed by atoms with Crippen molar-refractivity contribution in [3.8, 4) is 0 Å². The zero-order valence-corrected chi connectivity index (χ0v) is 17.6. The van der Waals surface area contributed by atoms with E-state index in [-0.39, 0.29) is 17.7 Å². The molecule has 1 aromatic rings. The highest BCUT2D eigenvalue weighted by Gasteiger charge is 2.40. The van der Waals surface area contributed by atoms with Crippen LogP contribution < -0.4 is 10.2 Å². The van der Waals surface area contributed by atoms with Crippen molar-refractivity contribution in [2.75, 3.05) is 23.7 Å². The Kier molecular flexibility index (Phi) is 5.68. The van der Waals surface area contributed by atoms with E-state index in [9.17, 15) is 13.2 Å². The predicted molar refractivity (Wildman–Crippen MR) is 111 cm³/mol. The Morgan fingerprint density at radius 1 is 1.07 bits per heavy atom. The third-order valence-corrected chi connectivity index (χ3v) is 8.88. The molecule has 2 saturated carbocycles. The fourth-order valence-electron chi connectivity index (χ4n) is 5.46. The van der Waals surface area contributed by atoms with Gasteiger partial charge in [-0.05, 0) is 74.1 Å². The van der Waals surface area contributed by atoms with E-state index in [0.29, 0.717) is 10.8 Å². The number of carbonyl (C=O) groups is 1. The Labute approximate surface area is 168 Å². The number of carbonyl (C=O) groups excluding carboxylic acids is 1. The molecule has 6 heteroatoms. The molecule has 3 aliphatic rings. The number of sulfone groups is 1. The van der Waals surface area contributed by atoms with Gasteiger partial charge in [0.25, 0.3) is 0 Å². The number of piperidine rings is 1. The Morgan fingerprint density at radius 2 is 1.79 bits per heavy atom. The molecular formula is C22H32N2O3S. The minimum atomic E-state index is -3.15. The van der Waals surface area contributed by atoms with Gasteiger partial charge in [-0.3, -0.25) is 4.79 Å². The number of benzene rings is 1. The quantitative estimate of drug-likeness (QED) is 0.789. The van der Waals surface area contributed by atoms with Crippen LogP contribution in [-0.2, 0) is 14.6 Å². The molecule has 0 radical (unpaired) electrons. The first-order valence-corrected chi connectivity index (χ1v) is 12.5. The number of rotatable bonds is 6. The van der Waals surface area contributed by atoms with Gasteiger partial charge < -0.3 is 10.2 Å². The molecule has 0 spiro atoms. The van der Waals surface area contributed by atoms with Crippen LogP contribution in [-0.4, -0.2) is 39.2 Å². The summed E-state index contributed by atoms with van der Waals surface area (Å²) in [5.74, 6) is 2.68. The van der Waals surface area contributed by atoms with E-state index in [2.05, 4.69) is 10.2 Å². The lowest BCUT2D eigenvalue weighted by Crippen LogP contribution is -2.45. The summed E-state index contributed by atoms with van der Waals surface area (Å²) in [5.41, 5.74) is 1.06. The van der Waals surface area contributed by atoms with Gasteiger partial charge in [0.15, 0.2) is 9.84 Å². The monoisotopic (exact) mass is 404 g/mol. The maximum absolute atomic E-state index is 12.5. The lowest BCUT2D eigenvalue weighted by atomic mass is 9.86. The maximum atomic E-state index is 12.5. The van der Waals surface area contributed by atoms with E-state index in [1.165, 1.54) is 25.7 Å². The van der Waals surface area contributed by atoms with Crippen LogP contribution in [0.1, 0.15) is 51.9 Å². The Balaban J connectivity index is 1.25. The molecule has 2 aliphatic carbocycles. The van der Waals surface area contributed by atoms with E-state index in [0.717, 1.165) is 49.9 Å². The van der Waals surface area contributed by atoms with Crippen LogP contribution in [0.15, 0.2) is 29.2 Å². The lowest BCUT2D eigenvalue weighted by Gasteiger charge is -2.34. The number of nitrogens with one attached hydrogen (secondary N) is 1. The summed E-state index contributed by atoms with van der Waals surface area (Å²) in [7, 11) is -3.15. The Morgan fingerprint density at radius 3 is 2.36 bits per heavy atom. The minimum Gasteiger partial charge on any atom is -0.371 e. The molecule has 1 aromatic carbocycles. The van der Waals surface area contributed by atoms with Crippen molar-refractivity contribution in [3.63, 3.8) is 0 Å². The molecule has 1 aliphatic heterocycles. The van der Waals surface area contributed by atoms with Crippen LogP contribution in [0.25, 0.3) is 0 Å². The minimum absolute atomic E-state index is 0.125. The van der Waals surface area contributed by atoms with E-state index >= 15 is 0 Å². The molecule has 3 atom stereocenters. The summed E-state index contributed by atoms with van der Waals surface area (Å²) in [5, 5.41) is 3.27. The van der Waals surface area contributed by atoms with Gasteiger partial charge in [0, 0.05) is 31.2 Å². The fourth-order valence-corrected chi connectivity index (χ4v) is 6.35. The third-order valence-electron chi connectivity index (χ3n) is 7.13. The Hall–Kier alpha value is -1.56. The zero-order valence-electron chi connectivity index (χ0n) is 16.8. The summed E-state index contributed by atoms with van der Waals surface area (Å²) in [4.78, 5) is 15.1. The molecule has 5 nitrogen and oxygen atoms in total. The van der Waals surface area contributed by atoms with Gasteiger partial charge in [-0.1, -0.05) is 13.3 Å². The zero-order chi connectivity index (χ0) is 19.7. The molecule has 4 rings (SSSR count). The van der Waals surface area contributed by atoms with Crippen molar-refractivity contribution in [1.82, 2.24) is 5.32 Å². The smallest absolute Gasteiger partial charge is 0.220 e. The second-order valence-corrected chi connectivity index (χ2v) is 11.1. The van der Waals surface area contributed by atoms with Crippen LogP contribution >= 0.6 is 0 Å². The number of hydrogen-bond acceptors (Lipinski definition) is 4. The van der Waals surface area contributed by atoms with Crippen molar-refractivity contribution in [3.05, 3.63) is 24.3 Å². The van der Waals surface area contributed by atoms with Crippen molar-refractivity contribution >= 4 is 21.4 Å².